The van der Waals surface area contributed by atoms with E-state index in [0.717, 1.165) is 0 Å². The molecule has 0 atom stereocenters. The van der Waals surface area contributed by atoms with E-state index in [1.807, 2.05) is 0 Å². The van der Waals surface area contributed by atoms with Gasteiger partial charge in [0.2, 0.25) is 11.7 Å². The van der Waals surface area contributed by atoms with Gasteiger partial charge >= 0.3 is 0 Å². The lowest BCUT2D eigenvalue weighted by atomic mass is 10.3. The van der Waals surface area contributed by atoms with E-state index >= 15 is 0 Å². The van der Waals surface area contributed by atoms with E-state index in [1.54, 1.807) is 14.1 Å². The molecule has 7 nitrogen and oxygen atoms in total. The molecule has 0 aliphatic carbocycles. The van der Waals surface area contributed by atoms with E-state index in [0.29, 0.717) is 6.54 Å². The van der Waals surface area contributed by atoms with Gasteiger partial charge in [-0.3, -0.25) is 14.7 Å². The van der Waals surface area contributed by atoms with Crippen molar-refractivity contribution in [3.05, 3.63) is 12.2 Å². The minimum Gasteiger partial charge on any atom is -0.359 e. The highest BCUT2D eigenvalue weighted by Gasteiger charge is 2.14. The van der Waals surface area contributed by atoms with Gasteiger partial charge in [-0.2, -0.15) is 5.10 Å². The lowest BCUT2D eigenvalue weighted by molar-refractivity contribution is -0.120. The molecule has 2 N–H and O–H groups in total. The summed E-state index contributed by atoms with van der Waals surface area (Å²) in [5.41, 5.74) is 0. The van der Waals surface area contributed by atoms with Crippen LogP contribution < -0.4 is 5.32 Å². The van der Waals surface area contributed by atoms with Crippen molar-refractivity contribution in [2.45, 2.75) is 6.42 Å². The number of hydrogen-bond donors (Lipinski definition) is 2. The fourth-order valence-corrected chi connectivity index (χ4v) is 0.985. The highest BCUT2D eigenvalue weighted by Crippen LogP contribution is 1.95. The molecule has 2 amide bonds. The molecule has 0 bridgehead atoms. The van der Waals surface area contributed by atoms with E-state index < -0.39 is 0 Å². The van der Waals surface area contributed by atoms with Gasteiger partial charge in [-0.25, -0.2) is 4.98 Å². The highest BCUT2D eigenvalue weighted by molar-refractivity contribution is 5.90. The second kappa shape index (κ2) is 5.08. The summed E-state index contributed by atoms with van der Waals surface area (Å²) in [6.07, 6.45) is 1.53. The summed E-state index contributed by atoms with van der Waals surface area (Å²) in [4.78, 5) is 27.6. The lowest BCUT2D eigenvalue weighted by Gasteiger charge is -2.14. The van der Waals surface area contributed by atoms with Gasteiger partial charge in [-0.1, -0.05) is 0 Å². The van der Waals surface area contributed by atoms with Gasteiger partial charge in [-0.15, -0.1) is 0 Å². The number of nitrogens with one attached hydrogen (secondary N) is 2. The molecule has 1 aromatic rings. The largest absolute Gasteiger partial charge is 0.359 e. The Balaban J connectivity index is 2.44. The van der Waals surface area contributed by atoms with E-state index in [1.165, 1.54) is 11.2 Å². The van der Waals surface area contributed by atoms with E-state index in [9.17, 15) is 9.59 Å². The smallest absolute Gasteiger partial charge is 0.290 e. The molecule has 0 saturated heterocycles. The van der Waals surface area contributed by atoms with Crippen LogP contribution in [-0.2, 0) is 4.79 Å². The first kappa shape index (κ1) is 11.2. The zero-order valence-electron chi connectivity index (χ0n) is 8.65. The molecule has 1 aromatic heterocycles. The fraction of sp³-hybridized carbons (Fsp3) is 0.500. The molecule has 15 heavy (non-hydrogen) atoms. The molecular formula is C8H13N5O2. The van der Waals surface area contributed by atoms with E-state index in [2.05, 4.69) is 20.5 Å². The van der Waals surface area contributed by atoms with Gasteiger partial charge in [0.25, 0.3) is 5.91 Å². The van der Waals surface area contributed by atoms with Gasteiger partial charge in [0.05, 0.1) is 0 Å². The Labute approximate surface area is 86.9 Å². The van der Waals surface area contributed by atoms with Crippen LogP contribution in [0, 0.1) is 0 Å². The quantitative estimate of drug-likeness (QED) is 0.669. The van der Waals surface area contributed by atoms with Crippen LogP contribution in [0.15, 0.2) is 6.33 Å². The monoisotopic (exact) mass is 211 g/mol. The van der Waals surface area contributed by atoms with Gasteiger partial charge in [0.15, 0.2) is 0 Å². The second-order valence-corrected chi connectivity index (χ2v) is 2.98. The third-order valence-electron chi connectivity index (χ3n) is 1.92. The van der Waals surface area contributed by atoms with Crippen LogP contribution in [0.2, 0.25) is 0 Å². The summed E-state index contributed by atoms with van der Waals surface area (Å²) < 4.78 is 0. The molecule has 0 spiro atoms. The first-order valence-electron chi connectivity index (χ1n) is 4.46. The maximum absolute atomic E-state index is 11.6. The minimum absolute atomic E-state index is 0.104. The Morgan fingerprint density at radius 2 is 2.33 bits per heavy atom. The number of H-pyrrole nitrogens is 1. The number of hydrogen-bond acceptors (Lipinski definition) is 4. The average Bonchev–Trinajstić information content (AvgIpc) is 2.77. The maximum Gasteiger partial charge on any atom is 0.290 e. The van der Waals surface area contributed by atoms with Crippen molar-refractivity contribution in [1.29, 1.82) is 0 Å². The molecule has 0 unspecified atom stereocenters. The van der Waals surface area contributed by atoms with Gasteiger partial charge in [-0.05, 0) is 0 Å². The summed E-state index contributed by atoms with van der Waals surface area (Å²) in [7, 11) is 3.16. The number of nitrogens with zero attached hydrogens (tertiary/aromatic N) is 3. The Morgan fingerprint density at radius 3 is 2.87 bits per heavy atom. The predicted molar refractivity (Wildman–Crippen MR) is 52.0 cm³/mol. The van der Waals surface area contributed by atoms with Crippen molar-refractivity contribution < 1.29 is 9.59 Å². The molecule has 0 fully saturated rings. The van der Waals surface area contributed by atoms with Crippen molar-refractivity contribution >= 4 is 11.8 Å². The third kappa shape index (κ3) is 3.04. The predicted octanol–water partition coefficient (Wildman–Crippen LogP) is -0.987. The first-order valence-corrected chi connectivity index (χ1v) is 4.46. The molecule has 1 heterocycles. The molecule has 0 radical (unpaired) electrons. The number of aromatic amines is 1. The van der Waals surface area contributed by atoms with Crippen LogP contribution in [0.4, 0.5) is 0 Å². The number of aromatic nitrogens is 3. The summed E-state index contributed by atoms with van der Waals surface area (Å²) in [6.45, 7) is 0.346. The Hall–Kier alpha value is -1.92. The van der Waals surface area contributed by atoms with Gasteiger partial charge in [0, 0.05) is 27.1 Å². The van der Waals surface area contributed by atoms with Crippen molar-refractivity contribution in [2.24, 2.45) is 0 Å². The molecular weight excluding hydrogens is 198 g/mol. The number of carbonyl (C=O) groups excluding carboxylic acids is 2. The highest BCUT2D eigenvalue weighted by atomic mass is 16.2. The van der Waals surface area contributed by atoms with Crippen molar-refractivity contribution in [1.82, 2.24) is 25.4 Å². The fourth-order valence-electron chi connectivity index (χ4n) is 0.985. The number of rotatable bonds is 4. The molecule has 82 valence electrons. The summed E-state index contributed by atoms with van der Waals surface area (Å²) in [5.74, 6) is -0.210. The number of carbonyl (C=O) groups is 2. The van der Waals surface area contributed by atoms with E-state index in [-0.39, 0.29) is 24.1 Å². The molecule has 0 aliphatic heterocycles. The zero-order valence-corrected chi connectivity index (χ0v) is 8.65. The van der Waals surface area contributed by atoms with Crippen LogP contribution in [0.1, 0.15) is 17.0 Å². The first-order chi connectivity index (χ1) is 7.15. The summed E-state index contributed by atoms with van der Waals surface area (Å²) in [6, 6.07) is 0. The number of amides is 2. The maximum atomic E-state index is 11.6. The SMILES string of the molecule is CNC(=O)CCN(C)C(=O)c1ncn[nH]1. The zero-order chi connectivity index (χ0) is 11.3. The van der Waals surface area contributed by atoms with Crippen LogP contribution in [0.3, 0.4) is 0 Å². The van der Waals surface area contributed by atoms with Crippen LogP contribution >= 0.6 is 0 Å². The summed E-state index contributed by atoms with van der Waals surface area (Å²) in [5, 5.41) is 8.52. The van der Waals surface area contributed by atoms with Crippen LogP contribution in [-0.4, -0.2) is 52.5 Å². The molecule has 0 aromatic carbocycles. The average molecular weight is 211 g/mol. The van der Waals surface area contributed by atoms with Crippen molar-refractivity contribution in [2.75, 3.05) is 20.6 Å². The third-order valence-corrected chi connectivity index (χ3v) is 1.92. The molecule has 7 heteroatoms. The normalized spacial score (nSPS) is 9.73. The van der Waals surface area contributed by atoms with Crippen molar-refractivity contribution in [3.8, 4) is 0 Å². The molecule has 0 aliphatic rings. The Bertz CT molecular complexity index is 335. The topological polar surface area (TPSA) is 91.0 Å². The molecule has 1 rings (SSSR count). The Morgan fingerprint density at radius 1 is 1.60 bits per heavy atom. The Kier molecular flexibility index (Phi) is 3.78. The lowest BCUT2D eigenvalue weighted by Crippen LogP contribution is -2.32. The minimum atomic E-state index is -0.281. The second-order valence-electron chi connectivity index (χ2n) is 2.98. The standard InChI is InChI=1S/C8H13N5O2/c1-9-6(14)3-4-13(2)8(15)7-10-5-11-12-7/h5H,3-4H2,1-2H3,(H,9,14)(H,10,11,12). The van der Waals surface area contributed by atoms with Crippen LogP contribution in [0.25, 0.3) is 0 Å². The van der Waals surface area contributed by atoms with Gasteiger partial charge in [0.1, 0.15) is 6.33 Å². The van der Waals surface area contributed by atoms with Crippen LogP contribution in [0.5, 0.6) is 0 Å². The molecule has 0 saturated carbocycles. The van der Waals surface area contributed by atoms with Crippen molar-refractivity contribution in [3.63, 3.8) is 0 Å². The van der Waals surface area contributed by atoms with Gasteiger partial charge < -0.3 is 10.2 Å². The summed E-state index contributed by atoms with van der Waals surface area (Å²) >= 11 is 0. The van der Waals surface area contributed by atoms with E-state index in [4.69, 9.17) is 0 Å².